The summed E-state index contributed by atoms with van der Waals surface area (Å²) < 4.78 is 11.9. The van der Waals surface area contributed by atoms with Gasteiger partial charge >= 0.3 is 0 Å². The number of nitriles is 1. The lowest BCUT2D eigenvalue weighted by Gasteiger charge is -2.41. The molecule has 1 aliphatic rings. The van der Waals surface area contributed by atoms with Crippen molar-refractivity contribution in [2.75, 3.05) is 19.8 Å². The highest BCUT2D eigenvalue weighted by Gasteiger charge is 2.37. The van der Waals surface area contributed by atoms with Crippen LogP contribution in [0.5, 0.6) is 5.88 Å². The molecule has 6 heteroatoms. The van der Waals surface area contributed by atoms with Crippen LogP contribution in [0, 0.1) is 11.3 Å². The zero-order valence-electron chi connectivity index (χ0n) is 16.3. The van der Waals surface area contributed by atoms with Gasteiger partial charge in [-0.2, -0.15) is 5.26 Å². The van der Waals surface area contributed by atoms with E-state index in [1.54, 1.807) is 36.5 Å². The van der Waals surface area contributed by atoms with Gasteiger partial charge in [0.1, 0.15) is 12.7 Å². The predicted molar refractivity (Wildman–Crippen MR) is 111 cm³/mol. The number of rotatable bonds is 5. The summed E-state index contributed by atoms with van der Waals surface area (Å²) in [6.45, 7) is 1.16. The van der Waals surface area contributed by atoms with Crippen molar-refractivity contribution in [2.24, 2.45) is 0 Å². The number of morpholine rings is 1. The number of benzene rings is 2. The summed E-state index contributed by atoms with van der Waals surface area (Å²) in [5, 5.41) is 9.01. The molecule has 150 valence electrons. The Bertz CT molecular complexity index is 1020. The maximum atomic E-state index is 13.3. The standard InChI is InChI=1S/C24H21N3O3/c25-16-18-9-11-20(12-10-18)24(28)27-14-15-29-21(17-30-22-8-4-5-13-26-22)23(27)19-6-2-1-3-7-19/h1-13,21,23H,14-15,17H2. The molecule has 0 radical (unpaired) electrons. The van der Waals surface area contributed by atoms with Crippen molar-refractivity contribution in [1.82, 2.24) is 9.88 Å². The minimum Gasteiger partial charge on any atom is -0.475 e. The van der Waals surface area contributed by atoms with Gasteiger partial charge in [-0.05, 0) is 35.9 Å². The smallest absolute Gasteiger partial charge is 0.254 e. The monoisotopic (exact) mass is 399 g/mol. The van der Waals surface area contributed by atoms with Gasteiger partial charge in [-0.3, -0.25) is 4.79 Å². The molecule has 6 nitrogen and oxygen atoms in total. The van der Waals surface area contributed by atoms with Crippen LogP contribution in [0.25, 0.3) is 0 Å². The average molecular weight is 399 g/mol. The van der Waals surface area contributed by atoms with Crippen LogP contribution < -0.4 is 4.74 Å². The van der Waals surface area contributed by atoms with Crippen molar-refractivity contribution in [2.45, 2.75) is 12.1 Å². The topological polar surface area (TPSA) is 75.5 Å². The zero-order chi connectivity index (χ0) is 20.8. The average Bonchev–Trinajstić information content (AvgIpc) is 2.83. The second-order valence-corrected chi connectivity index (χ2v) is 6.93. The number of pyridine rings is 1. The summed E-state index contributed by atoms with van der Waals surface area (Å²) in [4.78, 5) is 19.4. The zero-order valence-corrected chi connectivity index (χ0v) is 16.3. The first kappa shape index (κ1) is 19.6. The number of ether oxygens (including phenoxy) is 2. The van der Waals surface area contributed by atoms with E-state index in [4.69, 9.17) is 14.7 Å². The summed E-state index contributed by atoms with van der Waals surface area (Å²) in [6, 6.07) is 23.8. The summed E-state index contributed by atoms with van der Waals surface area (Å²) in [5.41, 5.74) is 2.05. The van der Waals surface area contributed by atoms with Crippen molar-refractivity contribution < 1.29 is 14.3 Å². The first-order valence-electron chi connectivity index (χ1n) is 9.78. The van der Waals surface area contributed by atoms with Gasteiger partial charge in [-0.25, -0.2) is 4.98 Å². The van der Waals surface area contributed by atoms with Crippen LogP contribution in [0.3, 0.4) is 0 Å². The molecule has 2 aromatic carbocycles. The van der Waals surface area contributed by atoms with Crippen molar-refractivity contribution in [3.63, 3.8) is 0 Å². The molecule has 1 amide bonds. The third-order valence-electron chi connectivity index (χ3n) is 5.05. The molecule has 2 atom stereocenters. The van der Waals surface area contributed by atoms with Crippen molar-refractivity contribution >= 4 is 5.91 Å². The van der Waals surface area contributed by atoms with E-state index in [1.165, 1.54) is 0 Å². The van der Waals surface area contributed by atoms with Crippen LogP contribution in [-0.2, 0) is 4.74 Å². The lowest BCUT2D eigenvalue weighted by Crippen LogP contribution is -2.50. The quantitative estimate of drug-likeness (QED) is 0.655. The highest BCUT2D eigenvalue weighted by Crippen LogP contribution is 2.31. The molecule has 1 saturated heterocycles. The molecule has 0 spiro atoms. The van der Waals surface area contributed by atoms with E-state index in [0.29, 0.717) is 30.2 Å². The summed E-state index contributed by atoms with van der Waals surface area (Å²) in [5.74, 6) is 0.419. The van der Waals surface area contributed by atoms with Crippen LogP contribution in [0.1, 0.15) is 27.5 Å². The van der Waals surface area contributed by atoms with Gasteiger partial charge in [0.25, 0.3) is 5.91 Å². The van der Waals surface area contributed by atoms with Gasteiger partial charge in [-0.1, -0.05) is 36.4 Å². The molecule has 0 saturated carbocycles. The van der Waals surface area contributed by atoms with Gasteiger partial charge in [0.2, 0.25) is 5.88 Å². The van der Waals surface area contributed by atoms with E-state index < -0.39 is 0 Å². The lowest BCUT2D eigenvalue weighted by molar-refractivity contribution is -0.0774. The fourth-order valence-electron chi connectivity index (χ4n) is 3.60. The van der Waals surface area contributed by atoms with Gasteiger partial charge in [0.05, 0.1) is 24.3 Å². The fraction of sp³-hybridized carbons (Fsp3) is 0.208. The molecule has 0 bridgehead atoms. The van der Waals surface area contributed by atoms with Crippen LogP contribution in [-0.4, -0.2) is 41.7 Å². The van der Waals surface area contributed by atoms with E-state index in [9.17, 15) is 4.79 Å². The Morgan fingerprint density at radius 2 is 1.87 bits per heavy atom. The number of hydrogen-bond donors (Lipinski definition) is 0. The number of amides is 1. The van der Waals surface area contributed by atoms with Crippen molar-refractivity contribution in [3.8, 4) is 11.9 Å². The fourth-order valence-corrected chi connectivity index (χ4v) is 3.60. The number of aromatic nitrogens is 1. The predicted octanol–water partition coefficient (Wildman–Crippen LogP) is 3.61. The van der Waals surface area contributed by atoms with Crippen LogP contribution in [0.15, 0.2) is 79.0 Å². The minimum absolute atomic E-state index is 0.0977. The second kappa shape index (κ2) is 9.21. The molecule has 1 fully saturated rings. The molecule has 0 N–H and O–H groups in total. The number of carbonyl (C=O) groups is 1. The number of carbonyl (C=O) groups excluding carboxylic acids is 1. The van der Waals surface area contributed by atoms with Crippen molar-refractivity contribution in [1.29, 1.82) is 5.26 Å². The molecule has 1 aromatic heterocycles. The SMILES string of the molecule is N#Cc1ccc(C(=O)N2CCOC(COc3ccccn3)C2c2ccccc2)cc1. The van der Waals surface area contributed by atoms with E-state index in [-0.39, 0.29) is 24.7 Å². The normalized spacial score (nSPS) is 18.4. The second-order valence-electron chi connectivity index (χ2n) is 6.93. The van der Waals surface area contributed by atoms with Gasteiger partial charge < -0.3 is 14.4 Å². The Kier molecular flexibility index (Phi) is 6.02. The maximum absolute atomic E-state index is 13.3. The molecule has 4 rings (SSSR count). The minimum atomic E-state index is -0.342. The summed E-state index contributed by atoms with van der Waals surface area (Å²) >= 11 is 0. The summed E-state index contributed by atoms with van der Waals surface area (Å²) in [6.07, 6.45) is 1.33. The van der Waals surface area contributed by atoms with E-state index >= 15 is 0 Å². The van der Waals surface area contributed by atoms with Crippen molar-refractivity contribution in [3.05, 3.63) is 95.7 Å². The highest BCUT2D eigenvalue weighted by atomic mass is 16.5. The summed E-state index contributed by atoms with van der Waals surface area (Å²) in [7, 11) is 0. The molecular weight excluding hydrogens is 378 g/mol. The van der Waals surface area contributed by atoms with Crippen LogP contribution in [0.2, 0.25) is 0 Å². The molecular formula is C24H21N3O3. The maximum Gasteiger partial charge on any atom is 0.254 e. The third kappa shape index (κ3) is 4.32. The Labute approximate surface area is 175 Å². The van der Waals surface area contributed by atoms with E-state index in [1.807, 2.05) is 47.4 Å². The Balaban J connectivity index is 1.60. The lowest BCUT2D eigenvalue weighted by atomic mass is 9.97. The molecule has 3 aromatic rings. The molecule has 30 heavy (non-hydrogen) atoms. The third-order valence-corrected chi connectivity index (χ3v) is 5.05. The van der Waals surface area contributed by atoms with E-state index in [2.05, 4.69) is 11.1 Å². The molecule has 0 aliphatic carbocycles. The Morgan fingerprint density at radius 1 is 1.10 bits per heavy atom. The van der Waals surface area contributed by atoms with Crippen LogP contribution >= 0.6 is 0 Å². The Morgan fingerprint density at radius 3 is 2.57 bits per heavy atom. The largest absolute Gasteiger partial charge is 0.475 e. The first-order valence-corrected chi connectivity index (χ1v) is 9.78. The molecule has 2 heterocycles. The number of hydrogen-bond acceptors (Lipinski definition) is 5. The van der Waals surface area contributed by atoms with Crippen LogP contribution in [0.4, 0.5) is 0 Å². The van der Waals surface area contributed by atoms with Gasteiger partial charge in [0.15, 0.2) is 0 Å². The Hall–Kier alpha value is -3.69. The number of nitrogens with zero attached hydrogens (tertiary/aromatic N) is 3. The highest BCUT2D eigenvalue weighted by molar-refractivity contribution is 5.94. The van der Waals surface area contributed by atoms with Gasteiger partial charge in [0, 0.05) is 24.4 Å². The first-order chi connectivity index (χ1) is 14.8. The van der Waals surface area contributed by atoms with E-state index in [0.717, 1.165) is 5.56 Å². The van der Waals surface area contributed by atoms with Gasteiger partial charge in [-0.15, -0.1) is 0 Å². The molecule has 2 unspecified atom stereocenters. The molecule has 1 aliphatic heterocycles.